The molecule has 2 aliphatic heterocycles. The number of fused-ring (bicyclic) bond motifs is 3. The summed E-state index contributed by atoms with van der Waals surface area (Å²) in [5.74, 6) is 0.954. The summed E-state index contributed by atoms with van der Waals surface area (Å²) < 4.78 is 11.2. The molecule has 2 amide bonds. The van der Waals surface area contributed by atoms with Gasteiger partial charge < -0.3 is 25.0 Å². The smallest absolute Gasteiger partial charge is 0.255 e. The number of hydrogen-bond donors (Lipinski definition) is 2. The average Bonchev–Trinajstić information content (AvgIpc) is 3.21. The first kappa shape index (κ1) is 19.1. The number of carbonyl (C=O) groups excluding carboxylic acids is 2. The molecular weight excluding hydrogens is 370 g/mol. The molecule has 1 fully saturated rings. The van der Waals surface area contributed by atoms with Crippen LogP contribution in [0.4, 0.5) is 17.1 Å². The van der Waals surface area contributed by atoms with E-state index < -0.39 is 0 Å². The minimum atomic E-state index is -0.278. The predicted octanol–water partition coefficient (Wildman–Crippen LogP) is 3.66. The molecule has 0 unspecified atom stereocenters. The maximum absolute atomic E-state index is 12.9. The summed E-state index contributed by atoms with van der Waals surface area (Å²) in [6, 6.07) is 10.7. The van der Waals surface area contributed by atoms with E-state index in [4.69, 9.17) is 9.47 Å². The van der Waals surface area contributed by atoms with Gasteiger partial charge in [0.05, 0.1) is 30.3 Å². The highest BCUT2D eigenvalue weighted by atomic mass is 16.5. The van der Waals surface area contributed by atoms with Crippen molar-refractivity contribution in [3.8, 4) is 11.5 Å². The Bertz CT molecular complexity index is 944. The van der Waals surface area contributed by atoms with E-state index in [0.717, 1.165) is 25.1 Å². The van der Waals surface area contributed by atoms with Crippen LogP contribution in [0.15, 0.2) is 36.4 Å². The minimum Gasteiger partial charge on any atom is -0.494 e. The van der Waals surface area contributed by atoms with Gasteiger partial charge in [-0.1, -0.05) is 0 Å². The third kappa shape index (κ3) is 3.72. The van der Waals surface area contributed by atoms with Gasteiger partial charge in [0.2, 0.25) is 5.91 Å². The van der Waals surface area contributed by atoms with Gasteiger partial charge in [0.25, 0.3) is 5.91 Å². The number of anilines is 3. The number of amides is 2. The first-order chi connectivity index (χ1) is 14.1. The molecule has 1 saturated heterocycles. The highest BCUT2D eigenvalue weighted by Crippen LogP contribution is 2.37. The topological polar surface area (TPSA) is 79.9 Å². The van der Waals surface area contributed by atoms with E-state index in [-0.39, 0.29) is 17.9 Å². The molecular formula is C22H25N3O4. The molecule has 4 rings (SSSR count). The Morgan fingerprint density at radius 2 is 2.00 bits per heavy atom. The number of hydrogen-bond acceptors (Lipinski definition) is 5. The van der Waals surface area contributed by atoms with Gasteiger partial charge in [-0.25, -0.2) is 0 Å². The number of benzene rings is 2. The lowest BCUT2D eigenvalue weighted by atomic mass is 10.1. The van der Waals surface area contributed by atoms with Gasteiger partial charge in [-0.15, -0.1) is 0 Å². The van der Waals surface area contributed by atoms with Crippen LogP contribution in [-0.2, 0) is 4.79 Å². The van der Waals surface area contributed by atoms with Gasteiger partial charge in [0.15, 0.2) is 0 Å². The van der Waals surface area contributed by atoms with E-state index in [2.05, 4.69) is 15.5 Å². The fraction of sp³-hybridized carbons (Fsp3) is 0.364. The van der Waals surface area contributed by atoms with Crippen LogP contribution >= 0.6 is 0 Å². The van der Waals surface area contributed by atoms with Crippen LogP contribution in [0.5, 0.6) is 11.5 Å². The van der Waals surface area contributed by atoms with Gasteiger partial charge in [-0.3, -0.25) is 9.59 Å². The van der Waals surface area contributed by atoms with Gasteiger partial charge in [0, 0.05) is 18.2 Å². The largest absolute Gasteiger partial charge is 0.494 e. The molecule has 152 valence electrons. The van der Waals surface area contributed by atoms with Crippen molar-refractivity contribution in [2.24, 2.45) is 0 Å². The number of ether oxygens (including phenoxy) is 2. The molecule has 0 bridgehead atoms. The monoisotopic (exact) mass is 395 g/mol. The molecule has 1 atom stereocenters. The Hall–Kier alpha value is -3.22. The lowest BCUT2D eigenvalue weighted by Gasteiger charge is -2.33. The Labute approximate surface area is 170 Å². The molecule has 2 aromatic carbocycles. The summed E-state index contributed by atoms with van der Waals surface area (Å²) in [5, 5.41) is 5.85. The second-order valence-electron chi connectivity index (χ2n) is 7.05. The first-order valence-electron chi connectivity index (χ1n) is 10.0. The van der Waals surface area contributed by atoms with Crippen molar-refractivity contribution in [1.82, 2.24) is 0 Å². The van der Waals surface area contributed by atoms with Crippen molar-refractivity contribution in [2.75, 3.05) is 35.3 Å². The van der Waals surface area contributed by atoms with Gasteiger partial charge in [0.1, 0.15) is 17.5 Å². The summed E-state index contributed by atoms with van der Waals surface area (Å²) in [4.78, 5) is 27.4. The molecule has 0 radical (unpaired) electrons. The van der Waals surface area contributed by atoms with E-state index >= 15 is 0 Å². The van der Waals surface area contributed by atoms with Gasteiger partial charge >= 0.3 is 0 Å². The Kier molecular flexibility index (Phi) is 5.29. The van der Waals surface area contributed by atoms with Crippen LogP contribution in [0.25, 0.3) is 0 Å². The van der Waals surface area contributed by atoms with Gasteiger partial charge in [-0.2, -0.15) is 0 Å². The molecule has 0 aliphatic carbocycles. The molecule has 7 heteroatoms. The van der Waals surface area contributed by atoms with Crippen molar-refractivity contribution < 1.29 is 19.1 Å². The summed E-state index contributed by atoms with van der Waals surface area (Å²) in [5.41, 5.74) is 2.65. The average molecular weight is 395 g/mol. The van der Waals surface area contributed by atoms with Crippen LogP contribution in [0.3, 0.4) is 0 Å². The quantitative estimate of drug-likeness (QED) is 0.780. The second kappa shape index (κ2) is 8.03. The van der Waals surface area contributed by atoms with Crippen LogP contribution in [0, 0.1) is 0 Å². The molecule has 0 aromatic heterocycles. The zero-order valence-corrected chi connectivity index (χ0v) is 16.7. The Morgan fingerprint density at radius 1 is 1.17 bits per heavy atom. The fourth-order valence-corrected chi connectivity index (χ4v) is 3.91. The van der Waals surface area contributed by atoms with E-state index in [1.54, 1.807) is 24.3 Å². The minimum absolute atomic E-state index is 0.00407. The molecule has 2 heterocycles. The fourth-order valence-electron chi connectivity index (χ4n) is 3.91. The van der Waals surface area contributed by atoms with E-state index in [1.807, 2.05) is 26.0 Å². The highest BCUT2D eigenvalue weighted by Gasteiger charge is 2.36. The third-order valence-electron chi connectivity index (χ3n) is 5.19. The highest BCUT2D eigenvalue weighted by molar-refractivity contribution is 6.09. The Morgan fingerprint density at radius 3 is 2.79 bits per heavy atom. The second-order valence-corrected chi connectivity index (χ2v) is 7.05. The van der Waals surface area contributed by atoms with Crippen molar-refractivity contribution in [2.45, 2.75) is 32.7 Å². The van der Waals surface area contributed by atoms with E-state index in [0.29, 0.717) is 41.7 Å². The van der Waals surface area contributed by atoms with E-state index in [9.17, 15) is 9.59 Å². The van der Waals surface area contributed by atoms with Crippen LogP contribution in [0.2, 0.25) is 0 Å². The summed E-state index contributed by atoms with van der Waals surface area (Å²) in [6.45, 7) is 5.67. The standard InChI is InChI=1S/C22H25N3O4/c1-3-28-15-8-10-20(29-4-2)17(13-15)24-21(26)14-7-9-18-16(12-14)23-22(27)19-6-5-11-25(18)19/h7-10,12-13,19H,3-6,11H2,1-2H3,(H,23,27)(H,24,26)/t19-/m1/s1. The zero-order valence-electron chi connectivity index (χ0n) is 16.7. The normalized spacial score (nSPS) is 17.2. The summed E-state index contributed by atoms with van der Waals surface area (Å²) >= 11 is 0. The van der Waals surface area contributed by atoms with Crippen LogP contribution in [0.1, 0.15) is 37.0 Å². The molecule has 0 saturated carbocycles. The molecule has 2 aliphatic rings. The molecule has 2 N–H and O–H groups in total. The lowest BCUT2D eigenvalue weighted by molar-refractivity contribution is -0.117. The number of nitrogens with zero attached hydrogens (tertiary/aromatic N) is 1. The summed E-state index contributed by atoms with van der Waals surface area (Å²) in [6.07, 6.45) is 1.86. The van der Waals surface area contributed by atoms with Crippen molar-refractivity contribution in [3.05, 3.63) is 42.0 Å². The van der Waals surface area contributed by atoms with Crippen LogP contribution in [-0.4, -0.2) is 37.6 Å². The maximum atomic E-state index is 12.9. The molecule has 0 spiro atoms. The van der Waals surface area contributed by atoms with Crippen molar-refractivity contribution in [1.29, 1.82) is 0 Å². The van der Waals surface area contributed by atoms with Crippen LogP contribution < -0.4 is 25.0 Å². The SMILES string of the molecule is CCOc1ccc(OCC)c(NC(=O)c2ccc3c(c2)NC(=O)[C@H]2CCCN32)c1. The first-order valence-corrected chi connectivity index (χ1v) is 10.0. The van der Waals surface area contributed by atoms with Crippen molar-refractivity contribution >= 4 is 28.9 Å². The summed E-state index contributed by atoms with van der Waals surface area (Å²) in [7, 11) is 0. The number of rotatable bonds is 6. The number of nitrogens with one attached hydrogen (secondary N) is 2. The third-order valence-corrected chi connectivity index (χ3v) is 5.19. The zero-order chi connectivity index (χ0) is 20.4. The maximum Gasteiger partial charge on any atom is 0.255 e. The molecule has 29 heavy (non-hydrogen) atoms. The van der Waals surface area contributed by atoms with E-state index in [1.165, 1.54) is 0 Å². The Balaban J connectivity index is 1.59. The van der Waals surface area contributed by atoms with Gasteiger partial charge in [-0.05, 0) is 57.0 Å². The van der Waals surface area contributed by atoms with Crippen molar-refractivity contribution in [3.63, 3.8) is 0 Å². The molecule has 2 aromatic rings. The number of carbonyl (C=O) groups is 2. The predicted molar refractivity (Wildman–Crippen MR) is 112 cm³/mol. The lowest BCUT2D eigenvalue weighted by Crippen LogP contribution is -2.43. The molecule has 7 nitrogen and oxygen atoms in total.